The van der Waals surface area contributed by atoms with Crippen LogP contribution in [0.4, 0.5) is 5.95 Å². The number of benzene rings is 1. The van der Waals surface area contributed by atoms with Crippen LogP contribution in [0.15, 0.2) is 36.7 Å². The van der Waals surface area contributed by atoms with Crippen molar-refractivity contribution in [1.82, 2.24) is 24.8 Å². The number of piperidine rings is 1. The summed E-state index contributed by atoms with van der Waals surface area (Å²) in [5.41, 5.74) is 2.68. The first-order chi connectivity index (χ1) is 14.0. The molecule has 1 saturated heterocycles. The van der Waals surface area contributed by atoms with Gasteiger partial charge < -0.3 is 20.1 Å². The second kappa shape index (κ2) is 8.39. The fourth-order valence-electron chi connectivity index (χ4n) is 3.77. The number of amides is 1. The number of halogens is 1. The van der Waals surface area contributed by atoms with Crippen molar-refractivity contribution in [2.75, 3.05) is 39.0 Å². The summed E-state index contributed by atoms with van der Waals surface area (Å²) < 4.78 is 0. The Hall–Kier alpha value is -2.64. The van der Waals surface area contributed by atoms with Crippen LogP contribution >= 0.6 is 11.6 Å². The van der Waals surface area contributed by atoms with E-state index in [-0.39, 0.29) is 11.9 Å². The SMILES string of the molecule is CN(C)CC(=O)N1CCCC(Nc2ncc(Cl)c(-c3c[nH]c4ccccc34)n2)C1. The Kier molecular flexibility index (Phi) is 5.69. The summed E-state index contributed by atoms with van der Waals surface area (Å²) in [6.07, 6.45) is 5.48. The van der Waals surface area contributed by atoms with Crippen molar-refractivity contribution in [1.29, 1.82) is 0 Å². The van der Waals surface area contributed by atoms with Gasteiger partial charge >= 0.3 is 0 Å². The van der Waals surface area contributed by atoms with E-state index in [4.69, 9.17) is 16.6 Å². The van der Waals surface area contributed by atoms with Crippen LogP contribution in [-0.2, 0) is 4.79 Å². The summed E-state index contributed by atoms with van der Waals surface area (Å²) in [5, 5.41) is 4.97. The summed E-state index contributed by atoms with van der Waals surface area (Å²) in [5.74, 6) is 0.680. The summed E-state index contributed by atoms with van der Waals surface area (Å²) >= 11 is 6.42. The number of likely N-dealkylation sites (tertiary alicyclic amines) is 1. The number of likely N-dealkylation sites (N-methyl/N-ethyl adjacent to an activating group) is 1. The first-order valence-electron chi connectivity index (χ1n) is 9.79. The fourth-order valence-corrected chi connectivity index (χ4v) is 3.96. The highest BCUT2D eigenvalue weighted by molar-refractivity contribution is 6.33. The number of aromatic amines is 1. The van der Waals surface area contributed by atoms with Crippen molar-refractivity contribution < 1.29 is 4.79 Å². The molecule has 4 rings (SSSR count). The van der Waals surface area contributed by atoms with Crippen LogP contribution in [0.1, 0.15) is 12.8 Å². The van der Waals surface area contributed by atoms with E-state index in [1.54, 1.807) is 6.20 Å². The second-order valence-electron chi connectivity index (χ2n) is 7.70. The maximum Gasteiger partial charge on any atom is 0.236 e. The van der Waals surface area contributed by atoms with Gasteiger partial charge in [0, 0.05) is 41.8 Å². The Morgan fingerprint density at radius 1 is 1.38 bits per heavy atom. The highest BCUT2D eigenvalue weighted by Gasteiger charge is 2.24. The van der Waals surface area contributed by atoms with Crippen LogP contribution in [0, 0.1) is 0 Å². The van der Waals surface area contributed by atoms with Gasteiger partial charge in [-0.15, -0.1) is 0 Å². The largest absolute Gasteiger partial charge is 0.360 e. The zero-order valence-electron chi connectivity index (χ0n) is 16.7. The zero-order valence-corrected chi connectivity index (χ0v) is 17.4. The minimum absolute atomic E-state index is 0.117. The molecule has 1 aliphatic heterocycles. The van der Waals surface area contributed by atoms with Crippen LogP contribution in [-0.4, -0.2) is 70.4 Å². The van der Waals surface area contributed by atoms with Gasteiger partial charge in [-0.1, -0.05) is 29.8 Å². The van der Waals surface area contributed by atoms with E-state index in [0.29, 0.717) is 29.8 Å². The van der Waals surface area contributed by atoms with Gasteiger partial charge in [0.05, 0.1) is 23.5 Å². The lowest BCUT2D eigenvalue weighted by molar-refractivity contribution is -0.132. The van der Waals surface area contributed by atoms with Gasteiger partial charge in [-0.2, -0.15) is 0 Å². The maximum absolute atomic E-state index is 12.4. The number of aromatic nitrogens is 3. The number of carbonyl (C=O) groups excluding carboxylic acids is 1. The molecule has 0 aliphatic carbocycles. The third-order valence-corrected chi connectivity index (χ3v) is 5.42. The first kappa shape index (κ1) is 19.7. The Morgan fingerprint density at radius 3 is 3.03 bits per heavy atom. The number of fused-ring (bicyclic) bond motifs is 1. The Balaban J connectivity index is 1.53. The van der Waals surface area contributed by atoms with Crippen LogP contribution < -0.4 is 5.32 Å². The van der Waals surface area contributed by atoms with E-state index < -0.39 is 0 Å². The predicted molar refractivity (Wildman–Crippen MR) is 116 cm³/mol. The van der Waals surface area contributed by atoms with Gasteiger partial charge in [-0.05, 0) is 33.0 Å². The molecule has 29 heavy (non-hydrogen) atoms. The van der Waals surface area contributed by atoms with E-state index in [9.17, 15) is 4.79 Å². The molecule has 1 atom stereocenters. The van der Waals surface area contributed by atoms with Crippen LogP contribution in [0.25, 0.3) is 22.2 Å². The Labute approximate surface area is 175 Å². The van der Waals surface area contributed by atoms with E-state index in [1.165, 1.54) is 0 Å². The molecule has 3 aromatic rings. The molecule has 1 amide bonds. The van der Waals surface area contributed by atoms with Gasteiger partial charge in [-0.25, -0.2) is 9.97 Å². The van der Waals surface area contributed by atoms with Gasteiger partial charge in [0.15, 0.2) is 0 Å². The number of H-pyrrole nitrogens is 1. The van der Waals surface area contributed by atoms with Gasteiger partial charge in [0.2, 0.25) is 11.9 Å². The molecule has 0 bridgehead atoms. The van der Waals surface area contributed by atoms with Crippen molar-refractivity contribution in [2.45, 2.75) is 18.9 Å². The fraction of sp³-hybridized carbons (Fsp3) is 0.381. The molecule has 0 saturated carbocycles. The molecule has 0 spiro atoms. The summed E-state index contributed by atoms with van der Waals surface area (Å²) in [6, 6.07) is 8.17. The quantitative estimate of drug-likeness (QED) is 0.672. The van der Waals surface area contributed by atoms with E-state index in [2.05, 4.69) is 15.3 Å². The Morgan fingerprint density at radius 2 is 2.21 bits per heavy atom. The number of nitrogens with zero attached hydrogens (tertiary/aromatic N) is 4. The third-order valence-electron chi connectivity index (χ3n) is 5.15. The molecule has 0 radical (unpaired) electrons. The van der Waals surface area contributed by atoms with Gasteiger partial charge in [0.1, 0.15) is 0 Å². The molecule has 8 heteroatoms. The number of para-hydroxylation sites is 1. The summed E-state index contributed by atoms with van der Waals surface area (Å²) in [7, 11) is 3.82. The smallest absolute Gasteiger partial charge is 0.236 e. The third kappa shape index (κ3) is 4.36. The lowest BCUT2D eigenvalue weighted by Crippen LogP contribution is -2.47. The van der Waals surface area contributed by atoms with E-state index in [1.807, 2.05) is 54.4 Å². The average molecular weight is 413 g/mol. The normalized spacial score (nSPS) is 17.1. The molecule has 1 fully saturated rings. The number of carbonyl (C=O) groups is 1. The van der Waals surface area contributed by atoms with Crippen LogP contribution in [0.3, 0.4) is 0 Å². The molecule has 2 N–H and O–H groups in total. The number of rotatable bonds is 5. The number of nitrogens with one attached hydrogen (secondary N) is 2. The molecule has 1 aliphatic rings. The maximum atomic E-state index is 12.4. The minimum atomic E-state index is 0.117. The Bertz CT molecular complexity index is 1020. The van der Waals surface area contributed by atoms with Crippen molar-refractivity contribution in [3.8, 4) is 11.3 Å². The molecule has 7 nitrogen and oxygen atoms in total. The highest BCUT2D eigenvalue weighted by Crippen LogP contribution is 2.32. The second-order valence-corrected chi connectivity index (χ2v) is 8.11. The van der Waals surface area contributed by atoms with Crippen LogP contribution in [0.2, 0.25) is 5.02 Å². The predicted octanol–water partition coefficient (Wildman–Crippen LogP) is 3.24. The molecule has 152 valence electrons. The number of anilines is 1. The van der Waals surface area contributed by atoms with E-state index >= 15 is 0 Å². The van der Waals surface area contributed by atoms with Crippen molar-refractivity contribution >= 4 is 34.4 Å². The standard InChI is InChI=1S/C21H25ClN6O/c1-27(2)13-19(29)28-9-5-6-14(12-28)25-21-24-11-17(22)20(26-21)16-10-23-18-8-4-3-7-15(16)18/h3-4,7-8,10-11,14,23H,5-6,9,12-13H2,1-2H3,(H,24,25,26). The van der Waals surface area contributed by atoms with Crippen molar-refractivity contribution in [2.24, 2.45) is 0 Å². The highest BCUT2D eigenvalue weighted by atomic mass is 35.5. The topological polar surface area (TPSA) is 77.2 Å². The number of hydrogen-bond donors (Lipinski definition) is 2. The molecule has 3 heterocycles. The number of hydrogen-bond acceptors (Lipinski definition) is 5. The zero-order chi connectivity index (χ0) is 20.4. The molecule has 1 aromatic carbocycles. The van der Waals surface area contributed by atoms with Gasteiger partial charge in [-0.3, -0.25) is 4.79 Å². The van der Waals surface area contributed by atoms with Gasteiger partial charge in [0.25, 0.3) is 0 Å². The molecular formula is C21H25ClN6O. The average Bonchev–Trinajstić information content (AvgIpc) is 3.13. The molecular weight excluding hydrogens is 388 g/mol. The summed E-state index contributed by atoms with van der Waals surface area (Å²) in [6.45, 7) is 1.88. The lowest BCUT2D eigenvalue weighted by atomic mass is 10.1. The van der Waals surface area contributed by atoms with E-state index in [0.717, 1.165) is 35.9 Å². The summed E-state index contributed by atoms with van der Waals surface area (Å²) in [4.78, 5) is 28.5. The molecule has 1 unspecified atom stereocenters. The first-order valence-corrected chi connectivity index (χ1v) is 10.2. The minimum Gasteiger partial charge on any atom is -0.360 e. The molecule has 2 aromatic heterocycles. The van der Waals surface area contributed by atoms with Crippen molar-refractivity contribution in [3.63, 3.8) is 0 Å². The monoisotopic (exact) mass is 412 g/mol. The van der Waals surface area contributed by atoms with Crippen LogP contribution in [0.5, 0.6) is 0 Å². The lowest BCUT2D eigenvalue weighted by Gasteiger charge is -2.33. The van der Waals surface area contributed by atoms with Crippen molar-refractivity contribution in [3.05, 3.63) is 41.7 Å².